The van der Waals surface area contributed by atoms with Gasteiger partial charge in [0, 0.05) is 25.7 Å². The van der Waals surface area contributed by atoms with E-state index in [2.05, 4.69) is 30.8 Å². The SMILES string of the molecule is CC1CCCC(N)C1C(=O)N1CCC(CN(C)C)CC1. The van der Waals surface area contributed by atoms with E-state index in [1.54, 1.807) is 0 Å². The number of nitrogens with zero attached hydrogens (tertiary/aromatic N) is 2. The lowest BCUT2D eigenvalue weighted by Crippen LogP contribution is -2.51. The first kappa shape index (κ1) is 15.8. The van der Waals surface area contributed by atoms with Crippen LogP contribution in [-0.2, 0) is 4.79 Å². The number of carbonyl (C=O) groups is 1. The van der Waals surface area contributed by atoms with Gasteiger partial charge in [0.15, 0.2) is 0 Å². The summed E-state index contributed by atoms with van der Waals surface area (Å²) < 4.78 is 0. The van der Waals surface area contributed by atoms with Gasteiger partial charge in [-0.15, -0.1) is 0 Å². The van der Waals surface area contributed by atoms with Crippen LogP contribution in [0.25, 0.3) is 0 Å². The maximum Gasteiger partial charge on any atom is 0.227 e. The molecule has 4 nitrogen and oxygen atoms in total. The van der Waals surface area contributed by atoms with Crippen LogP contribution in [0, 0.1) is 17.8 Å². The van der Waals surface area contributed by atoms with Gasteiger partial charge >= 0.3 is 0 Å². The van der Waals surface area contributed by atoms with Crippen molar-refractivity contribution in [1.29, 1.82) is 0 Å². The Hall–Kier alpha value is -0.610. The van der Waals surface area contributed by atoms with Gasteiger partial charge in [-0.25, -0.2) is 0 Å². The predicted octanol–water partition coefficient (Wildman–Crippen LogP) is 1.55. The molecular weight excluding hydrogens is 250 g/mol. The van der Waals surface area contributed by atoms with E-state index in [0.29, 0.717) is 11.8 Å². The quantitative estimate of drug-likeness (QED) is 0.854. The zero-order chi connectivity index (χ0) is 14.7. The molecule has 2 aliphatic rings. The van der Waals surface area contributed by atoms with Gasteiger partial charge < -0.3 is 15.5 Å². The third-order valence-electron chi connectivity index (χ3n) is 5.11. The number of hydrogen-bond acceptors (Lipinski definition) is 3. The van der Waals surface area contributed by atoms with E-state index in [1.807, 2.05) is 0 Å². The van der Waals surface area contributed by atoms with Gasteiger partial charge in [0.1, 0.15) is 0 Å². The van der Waals surface area contributed by atoms with Gasteiger partial charge in [-0.05, 0) is 51.6 Å². The molecule has 2 rings (SSSR count). The highest BCUT2D eigenvalue weighted by atomic mass is 16.2. The molecule has 1 amide bonds. The highest BCUT2D eigenvalue weighted by Crippen LogP contribution is 2.31. The highest BCUT2D eigenvalue weighted by molar-refractivity contribution is 5.80. The molecule has 0 bridgehead atoms. The van der Waals surface area contributed by atoms with Crippen LogP contribution in [0.1, 0.15) is 39.0 Å². The van der Waals surface area contributed by atoms with Gasteiger partial charge in [0.05, 0.1) is 5.92 Å². The van der Waals surface area contributed by atoms with Crippen molar-refractivity contribution in [2.24, 2.45) is 23.5 Å². The van der Waals surface area contributed by atoms with Crippen molar-refractivity contribution in [3.8, 4) is 0 Å². The fraction of sp³-hybridized carbons (Fsp3) is 0.938. The molecule has 1 saturated carbocycles. The van der Waals surface area contributed by atoms with Crippen molar-refractivity contribution >= 4 is 5.91 Å². The van der Waals surface area contributed by atoms with Gasteiger partial charge in [-0.2, -0.15) is 0 Å². The molecule has 0 aromatic heterocycles. The Morgan fingerprint density at radius 1 is 1.20 bits per heavy atom. The largest absolute Gasteiger partial charge is 0.342 e. The summed E-state index contributed by atoms with van der Waals surface area (Å²) in [7, 11) is 4.25. The third-order valence-corrected chi connectivity index (χ3v) is 5.11. The summed E-state index contributed by atoms with van der Waals surface area (Å²) in [6.07, 6.45) is 5.62. The molecule has 0 aromatic rings. The van der Waals surface area contributed by atoms with Crippen molar-refractivity contribution in [1.82, 2.24) is 9.80 Å². The van der Waals surface area contributed by atoms with Crippen LogP contribution in [-0.4, -0.2) is 55.5 Å². The van der Waals surface area contributed by atoms with Crippen molar-refractivity contribution in [2.45, 2.75) is 45.1 Å². The Morgan fingerprint density at radius 2 is 1.85 bits per heavy atom. The fourth-order valence-corrected chi connectivity index (χ4v) is 3.95. The normalized spacial score (nSPS) is 32.6. The first-order valence-electron chi connectivity index (χ1n) is 8.18. The Bertz CT molecular complexity index is 314. The van der Waals surface area contributed by atoms with E-state index in [0.717, 1.165) is 51.2 Å². The Kier molecular flexibility index (Phi) is 5.44. The fourth-order valence-electron chi connectivity index (χ4n) is 3.95. The molecule has 2 fully saturated rings. The average Bonchev–Trinajstić information content (AvgIpc) is 2.38. The molecule has 2 N–H and O–H groups in total. The minimum Gasteiger partial charge on any atom is -0.342 e. The lowest BCUT2D eigenvalue weighted by Gasteiger charge is -2.40. The Morgan fingerprint density at radius 3 is 2.40 bits per heavy atom. The number of carbonyl (C=O) groups excluding carboxylic acids is 1. The summed E-state index contributed by atoms with van der Waals surface area (Å²) in [6.45, 7) is 5.18. The van der Waals surface area contributed by atoms with E-state index >= 15 is 0 Å². The molecule has 20 heavy (non-hydrogen) atoms. The number of likely N-dealkylation sites (tertiary alicyclic amines) is 1. The van der Waals surface area contributed by atoms with Crippen molar-refractivity contribution in [2.75, 3.05) is 33.7 Å². The maximum absolute atomic E-state index is 12.7. The van der Waals surface area contributed by atoms with Crippen LogP contribution in [0.5, 0.6) is 0 Å². The molecular formula is C16H31N3O. The molecule has 3 atom stereocenters. The molecule has 0 aromatic carbocycles. The van der Waals surface area contributed by atoms with Crippen molar-refractivity contribution in [3.63, 3.8) is 0 Å². The second-order valence-electron chi connectivity index (χ2n) is 7.13. The number of amides is 1. The van der Waals surface area contributed by atoms with Crippen LogP contribution in [0.3, 0.4) is 0 Å². The summed E-state index contributed by atoms with van der Waals surface area (Å²) >= 11 is 0. The number of hydrogen-bond donors (Lipinski definition) is 1. The maximum atomic E-state index is 12.7. The predicted molar refractivity (Wildman–Crippen MR) is 82.3 cm³/mol. The summed E-state index contributed by atoms with van der Waals surface area (Å²) in [5.74, 6) is 1.58. The standard InChI is InChI=1S/C16H31N3O/c1-12-5-4-6-14(17)15(12)16(20)19-9-7-13(8-10-19)11-18(2)3/h12-15H,4-11,17H2,1-3H3. The Balaban J connectivity index is 1.87. The van der Waals surface area contributed by atoms with E-state index in [9.17, 15) is 4.79 Å². The topological polar surface area (TPSA) is 49.6 Å². The lowest BCUT2D eigenvalue weighted by molar-refractivity contribution is -0.140. The van der Waals surface area contributed by atoms with Crippen LogP contribution < -0.4 is 5.73 Å². The van der Waals surface area contributed by atoms with E-state index in [4.69, 9.17) is 5.73 Å². The monoisotopic (exact) mass is 281 g/mol. The second kappa shape index (κ2) is 6.90. The van der Waals surface area contributed by atoms with Crippen LogP contribution in [0.2, 0.25) is 0 Å². The molecule has 0 radical (unpaired) electrons. The smallest absolute Gasteiger partial charge is 0.227 e. The van der Waals surface area contributed by atoms with Crippen molar-refractivity contribution in [3.05, 3.63) is 0 Å². The first-order valence-corrected chi connectivity index (χ1v) is 8.18. The molecule has 1 heterocycles. The summed E-state index contributed by atoms with van der Waals surface area (Å²) in [4.78, 5) is 17.1. The molecule has 1 saturated heterocycles. The first-order chi connectivity index (χ1) is 9.49. The van der Waals surface area contributed by atoms with Gasteiger partial charge in [-0.3, -0.25) is 4.79 Å². The van der Waals surface area contributed by atoms with E-state index < -0.39 is 0 Å². The summed E-state index contributed by atoms with van der Waals surface area (Å²) in [5.41, 5.74) is 6.22. The van der Waals surface area contributed by atoms with Crippen LogP contribution >= 0.6 is 0 Å². The third kappa shape index (κ3) is 3.73. The zero-order valence-electron chi connectivity index (χ0n) is 13.3. The van der Waals surface area contributed by atoms with E-state index in [-0.39, 0.29) is 12.0 Å². The zero-order valence-corrected chi connectivity index (χ0v) is 13.3. The number of nitrogens with two attached hydrogens (primary N) is 1. The minimum atomic E-state index is 0.0640. The van der Waals surface area contributed by atoms with Gasteiger partial charge in [-0.1, -0.05) is 13.3 Å². The van der Waals surface area contributed by atoms with Gasteiger partial charge in [0.25, 0.3) is 0 Å². The molecule has 1 aliphatic heterocycles. The lowest BCUT2D eigenvalue weighted by atomic mass is 9.76. The minimum absolute atomic E-state index is 0.0640. The molecule has 0 spiro atoms. The number of piperidine rings is 1. The molecule has 116 valence electrons. The summed E-state index contributed by atoms with van der Waals surface area (Å²) in [5, 5.41) is 0. The number of rotatable bonds is 3. The highest BCUT2D eigenvalue weighted by Gasteiger charge is 2.37. The van der Waals surface area contributed by atoms with Gasteiger partial charge in [0.2, 0.25) is 5.91 Å². The summed E-state index contributed by atoms with van der Waals surface area (Å²) in [6, 6.07) is 0.0748. The molecule has 4 heteroatoms. The molecule has 3 unspecified atom stereocenters. The van der Waals surface area contributed by atoms with E-state index in [1.165, 1.54) is 6.42 Å². The van der Waals surface area contributed by atoms with Crippen LogP contribution in [0.4, 0.5) is 0 Å². The second-order valence-corrected chi connectivity index (χ2v) is 7.13. The van der Waals surface area contributed by atoms with Crippen LogP contribution in [0.15, 0.2) is 0 Å². The Labute approximate surface area is 123 Å². The van der Waals surface area contributed by atoms with Crippen molar-refractivity contribution < 1.29 is 4.79 Å². The average molecular weight is 281 g/mol. The molecule has 1 aliphatic carbocycles.